The van der Waals surface area contributed by atoms with Crippen molar-refractivity contribution in [2.45, 2.75) is 18.6 Å². The molecule has 2 heterocycles. The monoisotopic (exact) mass is 523 g/mol. The molecule has 0 aliphatic carbocycles. The van der Waals surface area contributed by atoms with Crippen LogP contribution in [0.2, 0.25) is 0 Å². The fraction of sp³-hybridized carbons (Fsp3) is 0.133. The van der Waals surface area contributed by atoms with Gasteiger partial charge in [-0.1, -0.05) is 72.8 Å². The standard InChI is InChI=1S/C30H25N3O4S/c1-36-25-15-13-24(14-16-25)26(19-27(34)33-18-8-17-31-33)30(20-22-9-4-2-5-10-22)28(35)38-29(32-30)37-21-23-11-6-3-7-12-23/h2-19H,20-21H2,1H3/b26-19+/t30-/m1/s1. The van der Waals surface area contributed by atoms with Crippen molar-refractivity contribution in [1.29, 1.82) is 0 Å². The summed E-state index contributed by atoms with van der Waals surface area (Å²) in [4.78, 5) is 32.1. The molecule has 0 fully saturated rings. The van der Waals surface area contributed by atoms with E-state index in [1.807, 2.05) is 72.8 Å². The first-order valence-electron chi connectivity index (χ1n) is 12.0. The van der Waals surface area contributed by atoms with Gasteiger partial charge in [-0.3, -0.25) is 9.59 Å². The van der Waals surface area contributed by atoms with Gasteiger partial charge in [0.25, 0.3) is 11.1 Å². The molecule has 1 atom stereocenters. The summed E-state index contributed by atoms with van der Waals surface area (Å²) in [5.41, 5.74) is 1.60. The average Bonchev–Trinajstić information content (AvgIpc) is 3.61. The van der Waals surface area contributed by atoms with E-state index in [1.54, 1.807) is 31.5 Å². The van der Waals surface area contributed by atoms with Gasteiger partial charge in [0, 0.05) is 42.2 Å². The summed E-state index contributed by atoms with van der Waals surface area (Å²) in [6.45, 7) is 0.273. The van der Waals surface area contributed by atoms with Crippen LogP contribution in [0.1, 0.15) is 21.5 Å². The second-order valence-corrected chi connectivity index (χ2v) is 9.56. The molecular weight excluding hydrogens is 498 g/mol. The van der Waals surface area contributed by atoms with Gasteiger partial charge in [0.15, 0.2) is 5.54 Å². The van der Waals surface area contributed by atoms with Crippen LogP contribution in [0.3, 0.4) is 0 Å². The molecule has 0 amide bonds. The third-order valence-corrected chi connectivity index (χ3v) is 7.06. The van der Waals surface area contributed by atoms with Crippen LogP contribution in [-0.4, -0.2) is 38.7 Å². The Kier molecular flexibility index (Phi) is 7.51. The molecule has 38 heavy (non-hydrogen) atoms. The van der Waals surface area contributed by atoms with E-state index in [9.17, 15) is 9.59 Å². The highest BCUT2D eigenvalue weighted by atomic mass is 32.2. The Hall–Kier alpha value is -4.43. The van der Waals surface area contributed by atoms with Crippen LogP contribution in [-0.2, 0) is 22.6 Å². The highest BCUT2D eigenvalue weighted by Gasteiger charge is 2.49. The molecule has 3 aromatic carbocycles. The molecule has 0 saturated carbocycles. The van der Waals surface area contributed by atoms with Gasteiger partial charge in [-0.15, -0.1) is 0 Å². The summed E-state index contributed by atoms with van der Waals surface area (Å²) in [7, 11) is 1.58. The molecule has 0 spiro atoms. The first-order chi connectivity index (χ1) is 18.6. The van der Waals surface area contributed by atoms with Crippen LogP contribution in [0.25, 0.3) is 5.57 Å². The second kappa shape index (κ2) is 11.3. The van der Waals surface area contributed by atoms with Crippen molar-refractivity contribution in [2.24, 2.45) is 4.99 Å². The fourth-order valence-corrected chi connectivity index (χ4v) is 5.11. The van der Waals surface area contributed by atoms with Crippen molar-refractivity contribution >= 4 is 33.6 Å². The van der Waals surface area contributed by atoms with Crippen molar-refractivity contribution in [3.05, 3.63) is 126 Å². The maximum atomic E-state index is 13.9. The molecule has 7 nitrogen and oxygen atoms in total. The quantitative estimate of drug-likeness (QED) is 0.286. The summed E-state index contributed by atoms with van der Waals surface area (Å²) < 4.78 is 12.5. The maximum absolute atomic E-state index is 13.9. The molecule has 190 valence electrons. The lowest BCUT2D eigenvalue weighted by atomic mass is 9.81. The van der Waals surface area contributed by atoms with Crippen molar-refractivity contribution < 1.29 is 19.1 Å². The number of hydrogen-bond donors (Lipinski definition) is 0. The average molecular weight is 524 g/mol. The number of aliphatic imine (C=N–C) groups is 1. The number of ether oxygens (including phenoxy) is 2. The fourth-order valence-electron chi connectivity index (χ4n) is 4.24. The Bertz CT molecular complexity index is 1470. The van der Waals surface area contributed by atoms with Gasteiger partial charge in [0.05, 0.1) is 7.11 Å². The minimum absolute atomic E-state index is 0.222. The van der Waals surface area contributed by atoms with E-state index in [0.29, 0.717) is 16.9 Å². The third kappa shape index (κ3) is 5.45. The molecule has 5 rings (SSSR count). The number of aromatic nitrogens is 2. The Labute approximate surface area is 224 Å². The lowest BCUT2D eigenvalue weighted by Crippen LogP contribution is -2.37. The number of allylic oxidation sites excluding steroid dienone is 1. The molecular formula is C30H25N3O4S. The zero-order chi connectivity index (χ0) is 26.4. The number of carbonyl (C=O) groups excluding carboxylic acids is 2. The smallest absolute Gasteiger partial charge is 0.271 e. The summed E-state index contributed by atoms with van der Waals surface area (Å²) in [6.07, 6.45) is 4.79. The predicted octanol–water partition coefficient (Wildman–Crippen LogP) is 5.44. The van der Waals surface area contributed by atoms with Crippen LogP contribution in [0.15, 0.2) is 114 Å². The van der Waals surface area contributed by atoms with E-state index in [2.05, 4.69) is 5.10 Å². The van der Waals surface area contributed by atoms with Crippen LogP contribution in [0.4, 0.5) is 0 Å². The minimum Gasteiger partial charge on any atom is -0.497 e. The normalized spacial score (nSPS) is 17.2. The van der Waals surface area contributed by atoms with E-state index < -0.39 is 5.54 Å². The molecule has 1 aromatic heterocycles. The molecule has 0 unspecified atom stereocenters. The van der Waals surface area contributed by atoms with Gasteiger partial charge in [0.2, 0.25) is 5.12 Å². The van der Waals surface area contributed by atoms with E-state index in [0.717, 1.165) is 22.9 Å². The largest absolute Gasteiger partial charge is 0.497 e. The Balaban J connectivity index is 1.62. The predicted molar refractivity (Wildman–Crippen MR) is 148 cm³/mol. The van der Waals surface area contributed by atoms with Crippen molar-refractivity contribution in [3.8, 4) is 5.75 Å². The molecule has 0 bridgehead atoms. The van der Waals surface area contributed by atoms with E-state index in [4.69, 9.17) is 14.5 Å². The number of rotatable bonds is 8. The van der Waals surface area contributed by atoms with Gasteiger partial charge in [-0.05, 0) is 34.9 Å². The van der Waals surface area contributed by atoms with Crippen molar-refractivity contribution in [2.75, 3.05) is 7.11 Å². The highest BCUT2D eigenvalue weighted by molar-refractivity contribution is 8.26. The number of nitrogens with zero attached hydrogens (tertiary/aromatic N) is 3. The molecule has 0 N–H and O–H groups in total. The zero-order valence-corrected chi connectivity index (χ0v) is 21.5. The summed E-state index contributed by atoms with van der Waals surface area (Å²) >= 11 is 0.956. The third-order valence-electron chi connectivity index (χ3n) is 6.15. The topological polar surface area (TPSA) is 82.8 Å². The maximum Gasteiger partial charge on any atom is 0.271 e. The van der Waals surface area contributed by atoms with E-state index in [1.165, 1.54) is 17.0 Å². The molecule has 8 heteroatoms. The van der Waals surface area contributed by atoms with Crippen LogP contribution >= 0.6 is 11.8 Å². The number of benzene rings is 3. The minimum atomic E-state index is -1.39. The number of hydrogen-bond acceptors (Lipinski definition) is 7. The first kappa shape index (κ1) is 25.2. The Morgan fingerprint density at radius 2 is 1.63 bits per heavy atom. The van der Waals surface area contributed by atoms with Crippen LogP contribution in [0, 0.1) is 0 Å². The lowest BCUT2D eigenvalue weighted by Gasteiger charge is -2.27. The Morgan fingerprint density at radius 3 is 2.26 bits per heavy atom. The second-order valence-electron chi connectivity index (χ2n) is 8.64. The van der Waals surface area contributed by atoms with E-state index >= 15 is 0 Å². The number of methoxy groups -OCH3 is 1. The van der Waals surface area contributed by atoms with Gasteiger partial charge in [-0.2, -0.15) is 5.10 Å². The number of thioether (sulfide) groups is 1. The number of carbonyl (C=O) groups is 2. The van der Waals surface area contributed by atoms with Crippen LogP contribution in [0.5, 0.6) is 5.75 Å². The highest BCUT2D eigenvalue weighted by Crippen LogP contribution is 2.43. The SMILES string of the molecule is COc1ccc(/C(=C\C(=O)n2cccn2)[C@@]2(Cc3ccccc3)N=C(OCc3ccccc3)SC2=O)cc1. The van der Waals surface area contributed by atoms with Gasteiger partial charge in [-0.25, -0.2) is 9.67 Å². The van der Waals surface area contributed by atoms with Gasteiger partial charge >= 0.3 is 0 Å². The van der Waals surface area contributed by atoms with Crippen molar-refractivity contribution in [1.82, 2.24) is 9.78 Å². The molecule has 1 aliphatic heterocycles. The van der Waals surface area contributed by atoms with Gasteiger partial charge < -0.3 is 9.47 Å². The molecule has 0 radical (unpaired) electrons. The molecule has 0 saturated heterocycles. The van der Waals surface area contributed by atoms with Crippen molar-refractivity contribution in [3.63, 3.8) is 0 Å². The summed E-state index contributed by atoms with van der Waals surface area (Å²) in [6, 6.07) is 28.2. The van der Waals surface area contributed by atoms with Gasteiger partial charge in [0.1, 0.15) is 12.4 Å². The summed E-state index contributed by atoms with van der Waals surface area (Å²) in [5.74, 6) is 0.269. The zero-order valence-electron chi connectivity index (χ0n) is 20.7. The van der Waals surface area contributed by atoms with Crippen LogP contribution < -0.4 is 4.74 Å². The summed E-state index contributed by atoms with van der Waals surface area (Å²) in [5, 5.41) is 4.11. The van der Waals surface area contributed by atoms with E-state index in [-0.39, 0.29) is 29.3 Å². The molecule has 1 aliphatic rings. The Morgan fingerprint density at radius 1 is 0.947 bits per heavy atom. The molecule has 4 aromatic rings. The lowest BCUT2D eigenvalue weighted by molar-refractivity contribution is -0.113. The first-order valence-corrected chi connectivity index (χ1v) is 12.8.